The Labute approximate surface area is 111 Å². The van der Waals surface area contributed by atoms with E-state index in [0.29, 0.717) is 10.0 Å². The molecule has 2 aromatic rings. The first-order valence-corrected chi connectivity index (χ1v) is 6.03. The van der Waals surface area contributed by atoms with Gasteiger partial charge in [0.1, 0.15) is 6.10 Å². The second kappa shape index (κ2) is 5.09. The van der Waals surface area contributed by atoms with Gasteiger partial charge in [-0.3, -0.25) is 0 Å². The van der Waals surface area contributed by atoms with Crippen molar-refractivity contribution in [2.45, 2.75) is 13.0 Å². The van der Waals surface area contributed by atoms with Gasteiger partial charge in [0.25, 0.3) is 0 Å². The van der Waals surface area contributed by atoms with Gasteiger partial charge in [0.2, 0.25) is 0 Å². The lowest BCUT2D eigenvalue weighted by molar-refractivity contribution is 0.220. The zero-order chi connectivity index (χ0) is 12.4. The third-order valence-electron chi connectivity index (χ3n) is 2.70. The number of rotatable bonds is 2. The van der Waals surface area contributed by atoms with Crippen molar-refractivity contribution in [2.75, 3.05) is 0 Å². The Kier molecular flexibility index (Phi) is 3.72. The normalized spacial score (nSPS) is 12.5. The molecule has 3 heteroatoms. The van der Waals surface area contributed by atoms with E-state index in [1.54, 1.807) is 30.3 Å². The Balaban J connectivity index is 2.33. The Morgan fingerprint density at radius 1 is 0.941 bits per heavy atom. The molecule has 0 amide bonds. The van der Waals surface area contributed by atoms with Crippen LogP contribution in [0.4, 0.5) is 0 Å². The van der Waals surface area contributed by atoms with Crippen LogP contribution in [0.25, 0.3) is 0 Å². The van der Waals surface area contributed by atoms with Crippen LogP contribution in [0, 0.1) is 6.92 Å². The van der Waals surface area contributed by atoms with Crippen LogP contribution in [0.3, 0.4) is 0 Å². The Bertz CT molecular complexity index is 520. The number of aliphatic hydroxyl groups excluding tert-OH is 1. The summed E-state index contributed by atoms with van der Waals surface area (Å²) in [5.74, 6) is 0. The number of hydrogen-bond donors (Lipinski definition) is 1. The summed E-state index contributed by atoms with van der Waals surface area (Å²) in [6, 6.07) is 12.7. The van der Waals surface area contributed by atoms with Gasteiger partial charge >= 0.3 is 0 Å². The van der Waals surface area contributed by atoms with E-state index in [-0.39, 0.29) is 0 Å². The molecule has 0 aromatic heterocycles. The molecular formula is C14H12Cl2O. The van der Waals surface area contributed by atoms with Crippen molar-refractivity contribution >= 4 is 23.2 Å². The van der Waals surface area contributed by atoms with Gasteiger partial charge in [-0.1, -0.05) is 47.5 Å². The highest BCUT2D eigenvalue weighted by atomic mass is 35.5. The van der Waals surface area contributed by atoms with E-state index in [0.717, 1.165) is 16.7 Å². The van der Waals surface area contributed by atoms with E-state index in [2.05, 4.69) is 0 Å². The van der Waals surface area contributed by atoms with Crippen LogP contribution in [0.1, 0.15) is 22.8 Å². The van der Waals surface area contributed by atoms with Crippen LogP contribution < -0.4 is 0 Å². The van der Waals surface area contributed by atoms with E-state index in [9.17, 15) is 5.11 Å². The van der Waals surface area contributed by atoms with Gasteiger partial charge in [-0.05, 0) is 41.8 Å². The minimum atomic E-state index is -0.676. The Morgan fingerprint density at radius 3 is 2.12 bits per heavy atom. The zero-order valence-corrected chi connectivity index (χ0v) is 10.8. The predicted octanol–water partition coefficient (Wildman–Crippen LogP) is 4.38. The molecule has 0 spiro atoms. The molecule has 2 rings (SSSR count). The SMILES string of the molecule is Cc1ccc(C(O)c2ccc(Cl)cc2)cc1Cl. The molecule has 0 radical (unpaired) electrons. The molecule has 0 aliphatic carbocycles. The summed E-state index contributed by atoms with van der Waals surface area (Å²) in [6.45, 7) is 1.93. The standard InChI is InChI=1S/C14H12Cl2O/c1-9-2-3-11(8-13(9)16)14(17)10-4-6-12(15)7-5-10/h2-8,14,17H,1H3. The van der Waals surface area contributed by atoms with Crippen LogP contribution in [0.5, 0.6) is 0 Å². The molecule has 0 bridgehead atoms. The summed E-state index contributed by atoms with van der Waals surface area (Å²) >= 11 is 11.8. The fourth-order valence-corrected chi connectivity index (χ4v) is 1.93. The minimum absolute atomic E-state index is 0.655. The highest BCUT2D eigenvalue weighted by Gasteiger charge is 2.11. The van der Waals surface area contributed by atoms with E-state index < -0.39 is 6.10 Å². The average molecular weight is 267 g/mol. The highest BCUT2D eigenvalue weighted by Crippen LogP contribution is 2.26. The molecular weight excluding hydrogens is 255 g/mol. The van der Waals surface area contributed by atoms with E-state index in [4.69, 9.17) is 23.2 Å². The number of halogens is 2. The molecule has 1 unspecified atom stereocenters. The smallest absolute Gasteiger partial charge is 0.104 e. The molecule has 0 saturated heterocycles. The number of benzene rings is 2. The lowest BCUT2D eigenvalue weighted by Gasteiger charge is -2.12. The van der Waals surface area contributed by atoms with Gasteiger partial charge in [0.05, 0.1) is 0 Å². The van der Waals surface area contributed by atoms with E-state index >= 15 is 0 Å². The summed E-state index contributed by atoms with van der Waals surface area (Å²) in [5.41, 5.74) is 2.58. The van der Waals surface area contributed by atoms with Gasteiger partial charge in [-0.15, -0.1) is 0 Å². The number of hydrogen-bond acceptors (Lipinski definition) is 1. The highest BCUT2D eigenvalue weighted by molar-refractivity contribution is 6.31. The van der Waals surface area contributed by atoms with E-state index in [1.807, 2.05) is 19.1 Å². The molecule has 1 N–H and O–H groups in total. The third kappa shape index (κ3) is 2.81. The summed E-state index contributed by atoms with van der Waals surface area (Å²) in [5, 5.41) is 11.5. The van der Waals surface area contributed by atoms with Gasteiger partial charge in [-0.25, -0.2) is 0 Å². The second-order valence-corrected chi connectivity index (χ2v) is 4.81. The summed E-state index contributed by atoms with van der Waals surface area (Å²) in [7, 11) is 0. The van der Waals surface area contributed by atoms with Crippen molar-refractivity contribution in [3.05, 3.63) is 69.2 Å². The van der Waals surface area contributed by atoms with Crippen LogP contribution in [-0.4, -0.2) is 5.11 Å². The molecule has 0 fully saturated rings. The van der Waals surface area contributed by atoms with Crippen molar-refractivity contribution in [3.63, 3.8) is 0 Å². The average Bonchev–Trinajstić information content (AvgIpc) is 2.33. The molecule has 17 heavy (non-hydrogen) atoms. The van der Waals surface area contributed by atoms with Crippen molar-refractivity contribution in [1.29, 1.82) is 0 Å². The maximum absolute atomic E-state index is 10.2. The second-order valence-electron chi connectivity index (χ2n) is 3.96. The van der Waals surface area contributed by atoms with Gasteiger partial charge in [0.15, 0.2) is 0 Å². The van der Waals surface area contributed by atoms with Gasteiger partial charge < -0.3 is 5.11 Å². The molecule has 2 aromatic carbocycles. The maximum Gasteiger partial charge on any atom is 0.104 e. The quantitative estimate of drug-likeness (QED) is 0.855. The molecule has 88 valence electrons. The molecule has 0 heterocycles. The van der Waals surface area contributed by atoms with Crippen LogP contribution in [-0.2, 0) is 0 Å². The molecule has 1 nitrogen and oxygen atoms in total. The van der Waals surface area contributed by atoms with Crippen LogP contribution in [0.15, 0.2) is 42.5 Å². The summed E-state index contributed by atoms with van der Waals surface area (Å²) in [6.07, 6.45) is -0.676. The monoisotopic (exact) mass is 266 g/mol. The fourth-order valence-electron chi connectivity index (χ4n) is 1.62. The van der Waals surface area contributed by atoms with Crippen LogP contribution in [0.2, 0.25) is 10.0 Å². The first-order chi connectivity index (χ1) is 8.08. The fraction of sp³-hybridized carbons (Fsp3) is 0.143. The van der Waals surface area contributed by atoms with Crippen molar-refractivity contribution in [3.8, 4) is 0 Å². The molecule has 0 saturated carbocycles. The third-order valence-corrected chi connectivity index (χ3v) is 3.36. The number of aliphatic hydroxyl groups is 1. The summed E-state index contributed by atoms with van der Waals surface area (Å²) < 4.78 is 0. The first-order valence-electron chi connectivity index (χ1n) is 5.27. The van der Waals surface area contributed by atoms with Crippen molar-refractivity contribution in [1.82, 2.24) is 0 Å². The van der Waals surface area contributed by atoms with Crippen molar-refractivity contribution in [2.24, 2.45) is 0 Å². The molecule has 1 atom stereocenters. The molecule has 0 aliphatic rings. The zero-order valence-electron chi connectivity index (χ0n) is 9.32. The lowest BCUT2D eigenvalue weighted by Crippen LogP contribution is -1.99. The topological polar surface area (TPSA) is 20.2 Å². The largest absolute Gasteiger partial charge is 0.384 e. The Morgan fingerprint density at radius 2 is 1.53 bits per heavy atom. The number of aryl methyl sites for hydroxylation is 1. The van der Waals surface area contributed by atoms with Gasteiger partial charge in [0, 0.05) is 10.0 Å². The predicted molar refractivity (Wildman–Crippen MR) is 71.7 cm³/mol. The summed E-state index contributed by atoms with van der Waals surface area (Å²) in [4.78, 5) is 0. The Hall–Kier alpha value is -1.02. The van der Waals surface area contributed by atoms with Crippen LogP contribution >= 0.6 is 23.2 Å². The minimum Gasteiger partial charge on any atom is -0.384 e. The lowest BCUT2D eigenvalue weighted by atomic mass is 10.0. The first kappa shape index (κ1) is 12.4. The van der Waals surface area contributed by atoms with Gasteiger partial charge in [-0.2, -0.15) is 0 Å². The van der Waals surface area contributed by atoms with Crippen molar-refractivity contribution < 1.29 is 5.11 Å². The molecule has 0 aliphatic heterocycles. The maximum atomic E-state index is 10.2. The van der Waals surface area contributed by atoms with E-state index in [1.165, 1.54) is 0 Å².